The zero-order chi connectivity index (χ0) is 21.3. The molecule has 1 fully saturated rings. The number of hydrogen-bond acceptors (Lipinski definition) is 7. The first kappa shape index (κ1) is 21.9. The van der Waals surface area contributed by atoms with Crippen molar-refractivity contribution in [3.8, 4) is 5.75 Å². The van der Waals surface area contributed by atoms with Crippen LogP contribution in [0.2, 0.25) is 0 Å². The van der Waals surface area contributed by atoms with Crippen molar-refractivity contribution in [3.63, 3.8) is 0 Å². The van der Waals surface area contributed by atoms with Gasteiger partial charge in [-0.25, -0.2) is 0 Å². The van der Waals surface area contributed by atoms with Crippen molar-refractivity contribution in [1.82, 2.24) is 4.90 Å². The molecule has 3 rings (SSSR count). The number of ether oxygens (including phenoxy) is 2. The lowest BCUT2D eigenvalue weighted by Crippen LogP contribution is -2.56. The standard InChI is InChI=1S/C19H23F3N2O4S/c1-24(2)18-23-13-14(25)15(26)16(28-17(13)29-18)12(19(20,21)22)9-6-10-4-7-11(27-3)8-5-10/h4-5,7-9,13-17,25-26H,6H2,1-3H3/b12-9+/t13-,14-,15+,16-,17-/m1/s1. The van der Waals surface area contributed by atoms with E-state index >= 15 is 0 Å². The van der Waals surface area contributed by atoms with Crippen LogP contribution in [-0.2, 0) is 11.2 Å². The highest BCUT2D eigenvalue weighted by molar-refractivity contribution is 8.14. The van der Waals surface area contributed by atoms with E-state index in [-0.39, 0.29) is 6.42 Å². The van der Waals surface area contributed by atoms with E-state index in [9.17, 15) is 23.4 Å². The summed E-state index contributed by atoms with van der Waals surface area (Å²) in [6.07, 6.45) is -8.65. The van der Waals surface area contributed by atoms with E-state index in [4.69, 9.17) is 9.47 Å². The van der Waals surface area contributed by atoms with E-state index in [2.05, 4.69) is 4.99 Å². The van der Waals surface area contributed by atoms with Crippen molar-refractivity contribution in [3.05, 3.63) is 41.5 Å². The summed E-state index contributed by atoms with van der Waals surface area (Å²) in [4.78, 5) is 5.95. The third kappa shape index (κ3) is 4.71. The van der Waals surface area contributed by atoms with Gasteiger partial charge in [0.1, 0.15) is 35.5 Å². The van der Waals surface area contributed by atoms with Gasteiger partial charge in [-0.1, -0.05) is 30.0 Å². The number of amidine groups is 1. The third-order valence-corrected chi connectivity index (χ3v) is 6.09. The summed E-state index contributed by atoms with van der Waals surface area (Å²) in [6.45, 7) is 0. The first-order valence-electron chi connectivity index (χ1n) is 8.95. The fraction of sp³-hybridized carbons (Fsp3) is 0.526. The van der Waals surface area contributed by atoms with E-state index in [1.54, 1.807) is 43.3 Å². The van der Waals surface area contributed by atoms with Crippen molar-refractivity contribution in [2.45, 2.75) is 42.4 Å². The summed E-state index contributed by atoms with van der Waals surface area (Å²) in [5, 5.41) is 21.3. The number of methoxy groups -OCH3 is 1. The Morgan fingerprint density at radius 2 is 1.90 bits per heavy atom. The molecular formula is C19H23F3N2O4S. The van der Waals surface area contributed by atoms with E-state index in [1.165, 1.54) is 7.11 Å². The lowest BCUT2D eigenvalue weighted by atomic mass is 9.92. The summed E-state index contributed by atoms with van der Waals surface area (Å²) in [5.74, 6) is 0.601. The number of aliphatic hydroxyl groups is 2. The van der Waals surface area contributed by atoms with Crippen LogP contribution in [-0.4, -0.2) is 77.5 Å². The molecule has 1 saturated heterocycles. The number of fused-ring (bicyclic) bond motifs is 1. The Bertz CT molecular complexity index is 783. The predicted octanol–water partition coefficient (Wildman–Crippen LogP) is 2.21. The average molecular weight is 432 g/mol. The maximum Gasteiger partial charge on any atom is 0.414 e. The number of benzene rings is 1. The zero-order valence-electron chi connectivity index (χ0n) is 16.1. The third-order valence-electron chi connectivity index (χ3n) is 4.78. The smallest absolute Gasteiger partial charge is 0.414 e. The number of thioether (sulfide) groups is 1. The topological polar surface area (TPSA) is 74.5 Å². The molecule has 2 aliphatic heterocycles. The molecule has 2 heterocycles. The van der Waals surface area contributed by atoms with Crippen LogP contribution >= 0.6 is 11.8 Å². The van der Waals surface area contributed by atoms with Crippen LogP contribution in [0.3, 0.4) is 0 Å². The fourth-order valence-corrected chi connectivity index (χ4v) is 4.34. The van der Waals surface area contributed by atoms with Crippen LogP contribution in [0.5, 0.6) is 5.75 Å². The second-order valence-corrected chi connectivity index (χ2v) is 8.10. The van der Waals surface area contributed by atoms with Crippen molar-refractivity contribution in [2.24, 2.45) is 4.99 Å². The molecule has 10 heteroatoms. The molecule has 0 radical (unpaired) electrons. The minimum atomic E-state index is -4.72. The van der Waals surface area contributed by atoms with Gasteiger partial charge < -0.3 is 24.6 Å². The largest absolute Gasteiger partial charge is 0.497 e. The molecule has 29 heavy (non-hydrogen) atoms. The number of nitrogens with zero attached hydrogens (tertiary/aromatic N) is 2. The number of aliphatic imine (C=N–C) groups is 1. The maximum atomic E-state index is 13.8. The number of hydrogen-bond donors (Lipinski definition) is 2. The summed E-state index contributed by atoms with van der Waals surface area (Å²) >= 11 is 1.13. The molecule has 1 aromatic carbocycles. The summed E-state index contributed by atoms with van der Waals surface area (Å²) in [6, 6.07) is 5.82. The Morgan fingerprint density at radius 3 is 2.45 bits per heavy atom. The van der Waals surface area contributed by atoms with Gasteiger partial charge in [0.15, 0.2) is 5.17 Å². The normalized spacial score (nSPS) is 30.0. The van der Waals surface area contributed by atoms with Gasteiger partial charge >= 0.3 is 6.18 Å². The summed E-state index contributed by atoms with van der Waals surface area (Å²) in [7, 11) is 4.97. The number of allylic oxidation sites excluding steroid dienone is 1. The Hall–Kier alpha value is -1.75. The predicted molar refractivity (Wildman–Crippen MR) is 104 cm³/mol. The van der Waals surface area contributed by atoms with Crippen LogP contribution in [0.15, 0.2) is 40.9 Å². The molecule has 0 amide bonds. The number of aliphatic hydroxyl groups excluding tert-OH is 2. The molecule has 2 aliphatic rings. The molecule has 0 saturated carbocycles. The van der Waals surface area contributed by atoms with Crippen LogP contribution in [0.1, 0.15) is 5.56 Å². The number of halogens is 3. The molecule has 0 bridgehead atoms. The first-order valence-corrected chi connectivity index (χ1v) is 9.83. The maximum absolute atomic E-state index is 13.8. The van der Waals surface area contributed by atoms with E-state index in [1.807, 2.05) is 0 Å². The molecular weight excluding hydrogens is 409 g/mol. The minimum absolute atomic E-state index is 0.0117. The van der Waals surface area contributed by atoms with E-state index in [0.717, 1.165) is 17.8 Å². The minimum Gasteiger partial charge on any atom is -0.497 e. The van der Waals surface area contributed by atoms with Gasteiger partial charge in [0.2, 0.25) is 0 Å². The van der Waals surface area contributed by atoms with Crippen molar-refractivity contribution < 1.29 is 32.9 Å². The zero-order valence-corrected chi connectivity index (χ0v) is 16.9. The second kappa shape index (κ2) is 8.55. The fourth-order valence-electron chi connectivity index (χ4n) is 3.20. The molecule has 0 unspecified atom stereocenters. The second-order valence-electron chi connectivity index (χ2n) is 7.03. The van der Waals surface area contributed by atoms with Crippen LogP contribution in [0, 0.1) is 0 Å². The Labute approximate surface area is 171 Å². The van der Waals surface area contributed by atoms with Crippen molar-refractivity contribution >= 4 is 16.9 Å². The Morgan fingerprint density at radius 1 is 1.24 bits per heavy atom. The van der Waals surface area contributed by atoms with Gasteiger partial charge in [-0.05, 0) is 24.1 Å². The average Bonchev–Trinajstić information content (AvgIpc) is 3.10. The van der Waals surface area contributed by atoms with Gasteiger partial charge in [-0.2, -0.15) is 13.2 Å². The highest BCUT2D eigenvalue weighted by atomic mass is 32.2. The van der Waals surface area contributed by atoms with Crippen LogP contribution < -0.4 is 4.74 Å². The number of alkyl halides is 3. The molecule has 5 atom stereocenters. The van der Waals surface area contributed by atoms with Gasteiger partial charge in [0, 0.05) is 14.1 Å². The lowest BCUT2D eigenvalue weighted by Gasteiger charge is -2.39. The van der Waals surface area contributed by atoms with E-state index in [0.29, 0.717) is 16.5 Å². The molecule has 6 nitrogen and oxygen atoms in total. The van der Waals surface area contributed by atoms with Gasteiger partial charge in [-0.3, -0.25) is 4.99 Å². The highest BCUT2D eigenvalue weighted by Gasteiger charge is 2.53. The summed E-state index contributed by atoms with van der Waals surface area (Å²) < 4.78 is 51.9. The van der Waals surface area contributed by atoms with Crippen molar-refractivity contribution in [1.29, 1.82) is 0 Å². The number of rotatable bonds is 4. The lowest BCUT2D eigenvalue weighted by molar-refractivity contribution is -0.170. The first-order chi connectivity index (χ1) is 13.6. The molecule has 2 N–H and O–H groups in total. The molecule has 0 aromatic heterocycles. The van der Waals surface area contributed by atoms with Crippen LogP contribution in [0.4, 0.5) is 13.2 Å². The summed E-state index contributed by atoms with van der Waals surface area (Å²) in [5.41, 5.74) is -1.18. The quantitative estimate of drug-likeness (QED) is 0.711. The van der Waals surface area contributed by atoms with Crippen LogP contribution in [0.25, 0.3) is 0 Å². The van der Waals surface area contributed by atoms with Gasteiger partial charge in [-0.15, -0.1) is 0 Å². The van der Waals surface area contributed by atoms with E-state index < -0.39 is 41.5 Å². The molecule has 160 valence electrons. The molecule has 1 aromatic rings. The molecule has 0 spiro atoms. The Balaban J connectivity index is 1.83. The monoisotopic (exact) mass is 432 g/mol. The Kier molecular flexibility index (Phi) is 6.47. The van der Waals surface area contributed by atoms with Gasteiger partial charge in [0.25, 0.3) is 0 Å². The molecule has 0 aliphatic carbocycles. The van der Waals surface area contributed by atoms with Gasteiger partial charge in [0.05, 0.1) is 12.7 Å². The highest BCUT2D eigenvalue weighted by Crippen LogP contribution is 2.42. The van der Waals surface area contributed by atoms with Crippen molar-refractivity contribution in [2.75, 3.05) is 21.2 Å². The SMILES string of the molecule is COc1ccc(C/C=C(\[C@H]2O[C@@H]3SC(N(C)C)=N[C@@H]3[C@@H](O)[C@@H]2O)C(F)(F)F)cc1.